The van der Waals surface area contributed by atoms with Gasteiger partial charge in [-0.05, 0) is 54.5 Å². The van der Waals surface area contributed by atoms with E-state index in [0.29, 0.717) is 0 Å². The number of rotatable bonds is 4. The molecule has 2 nitrogen and oxygen atoms in total. The van der Waals surface area contributed by atoms with Crippen molar-refractivity contribution in [3.8, 4) is 5.75 Å². The Morgan fingerprint density at radius 2 is 2.25 bits per heavy atom. The number of aromatic nitrogens is 1. The van der Waals surface area contributed by atoms with E-state index in [9.17, 15) is 0 Å². The molecule has 0 amide bonds. The molecule has 2 aromatic rings. The fourth-order valence-electron chi connectivity index (χ4n) is 3.34. The van der Waals surface area contributed by atoms with Crippen LogP contribution in [0.3, 0.4) is 0 Å². The summed E-state index contributed by atoms with van der Waals surface area (Å²) < 4.78 is 5.38. The number of benzene rings is 1. The average Bonchev–Trinajstić information content (AvgIpc) is 2.52. The van der Waals surface area contributed by atoms with Gasteiger partial charge >= 0.3 is 0 Å². The largest absolute Gasteiger partial charge is 0.497 e. The molecule has 0 bridgehead atoms. The van der Waals surface area contributed by atoms with Gasteiger partial charge in [0.15, 0.2) is 0 Å². The third kappa shape index (κ3) is 2.52. The van der Waals surface area contributed by atoms with E-state index in [4.69, 9.17) is 4.74 Å². The lowest BCUT2D eigenvalue weighted by Crippen LogP contribution is -2.15. The van der Waals surface area contributed by atoms with Crippen LogP contribution in [0.1, 0.15) is 43.7 Å². The molecule has 0 saturated heterocycles. The van der Waals surface area contributed by atoms with Gasteiger partial charge in [-0.3, -0.25) is 4.98 Å². The van der Waals surface area contributed by atoms with Crippen molar-refractivity contribution in [2.75, 3.05) is 7.11 Å². The number of unbranched alkanes of at least 4 members (excludes halogenated alkanes) is 1. The van der Waals surface area contributed by atoms with Crippen molar-refractivity contribution in [2.24, 2.45) is 5.92 Å². The van der Waals surface area contributed by atoms with Gasteiger partial charge in [-0.15, -0.1) is 0 Å². The summed E-state index contributed by atoms with van der Waals surface area (Å²) in [6.07, 6.45) is 9.82. The Balaban J connectivity index is 1.98. The summed E-state index contributed by atoms with van der Waals surface area (Å²) in [7, 11) is 1.73. The van der Waals surface area contributed by atoms with Crippen molar-refractivity contribution in [1.29, 1.82) is 0 Å². The molecule has 0 saturated carbocycles. The van der Waals surface area contributed by atoms with Crippen LogP contribution in [-0.4, -0.2) is 12.1 Å². The number of fused-ring (bicyclic) bond motifs is 3. The molecule has 1 unspecified atom stereocenters. The topological polar surface area (TPSA) is 22.1 Å². The Morgan fingerprint density at radius 3 is 3.05 bits per heavy atom. The lowest BCUT2D eigenvalue weighted by Gasteiger charge is -2.25. The quantitative estimate of drug-likeness (QED) is 0.813. The van der Waals surface area contributed by atoms with Crippen LogP contribution in [0.5, 0.6) is 5.75 Å². The number of hydrogen-bond donors (Lipinski definition) is 0. The minimum atomic E-state index is 0.847. The summed E-state index contributed by atoms with van der Waals surface area (Å²) in [6, 6.07) is 6.23. The van der Waals surface area contributed by atoms with Gasteiger partial charge in [0, 0.05) is 11.6 Å². The number of pyridine rings is 1. The van der Waals surface area contributed by atoms with Crippen molar-refractivity contribution in [2.45, 2.75) is 45.4 Å². The smallest absolute Gasteiger partial charge is 0.119 e. The minimum absolute atomic E-state index is 0.847. The van der Waals surface area contributed by atoms with Crippen LogP contribution < -0.4 is 4.74 Å². The molecular weight excluding hydrogens is 246 g/mol. The van der Waals surface area contributed by atoms with Gasteiger partial charge in [0.25, 0.3) is 0 Å². The molecule has 2 heteroatoms. The molecule has 1 heterocycles. The summed E-state index contributed by atoms with van der Waals surface area (Å²) in [5.74, 6) is 1.78. The number of hydrogen-bond acceptors (Lipinski definition) is 2. The van der Waals surface area contributed by atoms with Crippen LogP contribution in [0.4, 0.5) is 0 Å². The molecule has 0 spiro atoms. The van der Waals surface area contributed by atoms with E-state index >= 15 is 0 Å². The van der Waals surface area contributed by atoms with E-state index in [0.717, 1.165) is 17.2 Å². The Morgan fingerprint density at radius 1 is 1.35 bits per heavy atom. The normalized spacial score (nSPS) is 18.0. The summed E-state index contributed by atoms with van der Waals surface area (Å²) in [4.78, 5) is 4.60. The predicted octanol–water partition coefficient (Wildman–Crippen LogP) is 4.54. The number of methoxy groups -OCH3 is 1. The van der Waals surface area contributed by atoms with Crippen LogP contribution in [0.2, 0.25) is 0 Å². The number of aryl methyl sites for hydroxylation is 1. The molecule has 3 rings (SSSR count). The summed E-state index contributed by atoms with van der Waals surface area (Å²) in [5, 5.41) is 1.29. The van der Waals surface area contributed by atoms with Crippen molar-refractivity contribution >= 4 is 10.9 Å². The van der Waals surface area contributed by atoms with Crippen LogP contribution >= 0.6 is 0 Å². The van der Waals surface area contributed by atoms with Crippen molar-refractivity contribution in [3.63, 3.8) is 0 Å². The first-order chi connectivity index (χ1) is 9.81. The second kappa shape index (κ2) is 5.82. The Hall–Kier alpha value is -1.57. The number of ether oxygens (including phenoxy) is 1. The zero-order chi connectivity index (χ0) is 13.9. The second-order valence-corrected chi connectivity index (χ2v) is 5.90. The average molecular weight is 269 g/mol. The van der Waals surface area contributed by atoms with Gasteiger partial charge in [0.1, 0.15) is 5.75 Å². The first kappa shape index (κ1) is 13.4. The molecule has 0 aliphatic heterocycles. The highest BCUT2D eigenvalue weighted by Crippen LogP contribution is 2.34. The molecule has 0 radical (unpaired) electrons. The monoisotopic (exact) mass is 269 g/mol. The van der Waals surface area contributed by atoms with Gasteiger partial charge in [-0.1, -0.05) is 26.2 Å². The fraction of sp³-hybridized carbons (Fsp3) is 0.500. The molecule has 0 fully saturated rings. The van der Waals surface area contributed by atoms with E-state index in [1.54, 1.807) is 7.11 Å². The summed E-state index contributed by atoms with van der Waals surface area (Å²) in [6.45, 7) is 2.28. The maximum Gasteiger partial charge on any atom is 0.119 e. The highest BCUT2D eigenvalue weighted by atomic mass is 16.5. The van der Waals surface area contributed by atoms with Gasteiger partial charge in [0.05, 0.1) is 12.6 Å². The van der Waals surface area contributed by atoms with E-state index in [1.165, 1.54) is 55.0 Å². The van der Waals surface area contributed by atoms with Crippen LogP contribution in [0.15, 0.2) is 24.4 Å². The number of nitrogens with zero attached hydrogens (tertiary/aromatic N) is 1. The third-order valence-corrected chi connectivity index (χ3v) is 4.56. The first-order valence-electron chi connectivity index (χ1n) is 7.76. The minimum Gasteiger partial charge on any atom is -0.497 e. The standard InChI is InChI=1S/C18H23NO/c1-3-4-5-13-6-7-14-12-19-18-9-8-15(20-2)11-17(18)16(14)10-13/h8-9,11-13H,3-7,10H2,1-2H3. The van der Waals surface area contributed by atoms with Gasteiger partial charge in [-0.25, -0.2) is 0 Å². The van der Waals surface area contributed by atoms with Crippen molar-refractivity contribution in [3.05, 3.63) is 35.5 Å². The molecule has 1 aromatic heterocycles. The summed E-state index contributed by atoms with van der Waals surface area (Å²) >= 11 is 0. The summed E-state index contributed by atoms with van der Waals surface area (Å²) in [5.41, 5.74) is 4.06. The van der Waals surface area contributed by atoms with Gasteiger partial charge in [-0.2, -0.15) is 0 Å². The molecular formula is C18H23NO. The lowest BCUT2D eigenvalue weighted by molar-refractivity contribution is 0.412. The molecule has 1 atom stereocenters. The third-order valence-electron chi connectivity index (χ3n) is 4.56. The van der Waals surface area contributed by atoms with Gasteiger partial charge in [0.2, 0.25) is 0 Å². The van der Waals surface area contributed by atoms with Crippen LogP contribution in [-0.2, 0) is 12.8 Å². The molecule has 0 N–H and O–H groups in total. The fourth-order valence-corrected chi connectivity index (χ4v) is 3.34. The Kier molecular flexibility index (Phi) is 3.90. The van der Waals surface area contributed by atoms with Gasteiger partial charge < -0.3 is 4.74 Å². The highest BCUT2D eigenvalue weighted by Gasteiger charge is 2.20. The lowest BCUT2D eigenvalue weighted by atomic mass is 9.80. The maximum atomic E-state index is 5.38. The van der Waals surface area contributed by atoms with E-state index in [1.807, 2.05) is 6.07 Å². The first-order valence-corrected chi connectivity index (χ1v) is 7.76. The molecule has 20 heavy (non-hydrogen) atoms. The SMILES string of the molecule is CCCCC1CCc2cnc3ccc(OC)cc3c2C1. The zero-order valence-electron chi connectivity index (χ0n) is 12.5. The van der Waals surface area contributed by atoms with E-state index in [-0.39, 0.29) is 0 Å². The van der Waals surface area contributed by atoms with E-state index in [2.05, 4.69) is 30.2 Å². The Bertz CT molecular complexity index is 600. The molecule has 106 valence electrons. The van der Waals surface area contributed by atoms with Crippen LogP contribution in [0, 0.1) is 5.92 Å². The maximum absolute atomic E-state index is 5.38. The predicted molar refractivity (Wildman–Crippen MR) is 83.3 cm³/mol. The van der Waals surface area contributed by atoms with Crippen molar-refractivity contribution < 1.29 is 4.74 Å². The Labute approximate surface area is 121 Å². The molecule has 1 aliphatic carbocycles. The second-order valence-electron chi connectivity index (χ2n) is 5.90. The highest BCUT2D eigenvalue weighted by molar-refractivity contribution is 5.84. The zero-order valence-corrected chi connectivity index (χ0v) is 12.5. The van der Waals surface area contributed by atoms with Crippen molar-refractivity contribution in [1.82, 2.24) is 4.98 Å². The van der Waals surface area contributed by atoms with E-state index < -0.39 is 0 Å². The molecule has 1 aromatic carbocycles. The molecule has 1 aliphatic rings. The van der Waals surface area contributed by atoms with Crippen LogP contribution in [0.25, 0.3) is 10.9 Å².